The molecule has 0 aliphatic rings. The molecule has 196 valence electrons. The van der Waals surface area contributed by atoms with Crippen LogP contribution in [-0.4, -0.2) is 46.3 Å². The Kier molecular flexibility index (Phi) is 8.57. The molecule has 0 saturated carbocycles. The van der Waals surface area contributed by atoms with Crippen LogP contribution in [0.4, 0.5) is 8.78 Å². The molecule has 3 aromatic rings. The molecule has 0 aliphatic carbocycles. The average Bonchev–Trinajstić information content (AvgIpc) is 2.86. The summed E-state index contributed by atoms with van der Waals surface area (Å²) in [7, 11) is 1.29. The van der Waals surface area contributed by atoms with Crippen molar-refractivity contribution in [3.63, 3.8) is 0 Å². The standard InChI is InChI=1S/C25H22Cl2F2N2O6/c1-12(31-23(33)21-22(32)20(36-3)8-9-30-21)24(34)37-13(2)25(35,14-4-6-16(26)18(28)10-14)15-5-7-17(27)19(29)11-15/h4-13,32,35H,1-3H3,(H,31,33)/t12-,13-/m0/s1. The summed E-state index contributed by atoms with van der Waals surface area (Å²) < 4.78 is 38.9. The van der Waals surface area contributed by atoms with Crippen molar-refractivity contribution >= 4 is 35.1 Å². The lowest BCUT2D eigenvalue weighted by Gasteiger charge is -2.35. The quantitative estimate of drug-likeness (QED) is 0.354. The third-order valence-corrected chi connectivity index (χ3v) is 6.24. The zero-order chi connectivity index (χ0) is 27.5. The van der Waals surface area contributed by atoms with Gasteiger partial charge in [-0.15, -0.1) is 0 Å². The minimum absolute atomic E-state index is 0.000501. The largest absolute Gasteiger partial charge is 0.503 e. The molecule has 0 saturated heterocycles. The van der Waals surface area contributed by atoms with E-state index in [1.54, 1.807) is 0 Å². The van der Waals surface area contributed by atoms with E-state index in [1.165, 1.54) is 57.5 Å². The Morgan fingerprint density at radius 1 is 1.03 bits per heavy atom. The van der Waals surface area contributed by atoms with Gasteiger partial charge in [-0.3, -0.25) is 4.79 Å². The van der Waals surface area contributed by atoms with Crippen LogP contribution in [0.25, 0.3) is 0 Å². The number of aromatic nitrogens is 1. The lowest BCUT2D eigenvalue weighted by atomic mass is 9.82. The van der Waals surface area contributed by atoms with E-state index in [2.05, 4.69) is 10.3 Å². The second-order valence-electron chi connectivity index (χ2n) is 8.01. The molecular weight excluding hydrogens is 533 g/mol. The summed E-state index contributed by atoms with van der Waals surface area (Å²) in [6.07, 6.45) is -0.196. The number of nitrogens with one attached hydrogen (secondary N) is 1. The Hall–Kier alpha value is -3.47. The topological polar surface area (TPSA) is 118 Å². The maximum absolute atomic E-state index is 14.3. The summed E-state index contributed by atoms with van der Waals surface area (Å²) in [6.45, 7) is 2.61. The Labute approximate surface area is 220 Å². The molecule has 2 aromatic carbocycles. The average molecular weight is 555 g/mol. The van der Waals surface area contributed by atoms with Crippen LogP contribution in [0.15, 0.2) is 48.7 Å². The third-order valence-electron chi connectivity index (χ3n) is 5.62. The number of amides is 1. The number of rotatable bonds is 8. The second kappa shape index (κ2) is 11.3. The molecule has 1 heterocycles. The number of aromatic hydroxyl groups is 1. The number of methoxy groups -OCH3 is 1. The maximum atomic E-state index is 14.3. The van der Waals surface area contributed by atoms with E-state index in [-0.39, 0.29) is 26.9 Å². The van der Waals surface area contributed by atoms with E-state index in [0.29, 0.717) is 0 Å². The van der Waals surface area contributed by atoms with E-state index >= 15 is 0 Å². The number of ether oxygens (including phenoxy) is 2. The smallest absolute Gasteiger partial charge is 0.328 e. The Bertz CT molecular complexity index is 1290. The van der Waals surface area contributed by atoms with Crippen molar-refractivity contribution in [2.75, 3.05) is 7.11 Å². The first-order chi connectivity index (χ1) is 17.4. The zero-order valence-corrected chi connectivity index (χ0v) is 21.3. The third kappa shape index (κ3) is 5.76. The number of nitrogens with zero attached hydrogens (tertiary/aromatic N) is 1. The van der Waals surface area contributed by atoms with Gasteiger partial charge in [0.05, 0.1) is 17.2 Å². The van der Waals surface area contributed by atoms with Gasteiger partial charge in [-0.1, -0.05) is 35.3 Å². The van der Waals surface area contributed by atoms with E-state index in [4.69, 9.17) is 32.7 Å². The molecular formula is C25H22Cl2F2N2O6. The number of hydrogen-bond donors (Lipinski definition) is 3. The number of halogens is 4. The summed E-state index contributed by atoms with van der Waals surface area (Å²) in [5.74, 6) is -4.15. The highest BCUT2D eigenvalue weighted by Crippen LogP contribution is 2.37. The number of pyridine rings is 1. The molecule has 8 nitrogen and oxygen atoms in total. The Morgan fingerprint density at radius 3 is 2.05 bits per heavy atom. The fourth-order valence-corrected chi connectivity index (χ4v) is 3.79. The van der Waals surface area contributed by atoms with Crippen LogP contribution < -0.4 is 10.1 Å². The van der Waals surface area contributed by atoms with Gasteiger partial charge in [0.1, 0.15) is 23.8 Å². The molecule has 0 fully saturated rings. The van der Waals surface area contributed by atoms with Gasteiger partial charge < -0.3 is 25.0 Å². The van der Waals surface area contributed by atoms with Crippen LogP contribution in [0.3, 0.4) is 0 Å². The van der Waals surface area contributed by atoms with Gasteiger partial charge in [0.2, 0.25) is 0 Å². The van der Waals surface area contributed by atoms with E-state index in [0.717, 1.165) is 12.1 Å². The fourth-order valence-electron chi connectivity index (χ4n) is 3.56. The molecule has 0 radical (unpaired) electrons. The van der Waals surface area contributed by atoms with Crippen molar-refractivity contribution in [3.8, 4) is 11.5 Å². The van der Waals surface area contributed by atoms with Crippen molar-refractivity contribution in [1.82, 2.24) is 10.3 Å². The zero-order valence-electron chi connectivity index (χ0n) is 19.8. The van der Waals surface area contributed by atoms with Crippen LogP contribution >= 0.6 is 23.2 Å². The predicted octanol–water partition coefficient (Wildman–Crippen LogP) is 4.37. The lowest BCUT2D eigenvalue weighted by Crippen LogP contribution is -2.46. The minimum Gasteiger partial charge on any atom is -0.503 e. The normalized spacial score (nSPS) is 13.0. The minimum atomic E-state index is -2.25. The monoisotopic (exact) mass is 554 g/mol. The van der Waals surface area contributed by atoms with E-state index in [9.17, 15) is 28.6 Å². The van der Waals surface area contributed by atoms with Crippen LogP contribution in [0.2, 0.25) is 10.0 Å². The molecule has 2 atom stereocenters. The van der Waals surface area contributed by atoms with Crippen LogP contribution in [0.1, 0.15) is 35.5 Å². The Morgan fingerprint density at radius 2 is 1.57 bits per heavy atom. The van der Waals surface area contributed by atoms with Crippen LogP contribution in [-0.2, 0) is 15.1 Å². The van der Waals surface area contributed by atoms with Gasteiger partial charge in [0.15, 0.2) is 22.8 Å². The van der Waals surface area contributed by atoms with E-state index in [1.807, 2.05) is 0 Å². The first kappa shape index (κ1) is 28.1. The molecule has 12 heteroatoms. The first-order valence-electron chi connectivity index (χ1n) is 10.8. The van der Waals surface area contributed by atoms with Crippen LogP contribution in [0, 0.1) is 11.6 Å². The summed E-state index contributed by atoms with van der Waals surface area (Å²) in [5.41, 5.74) is -2.81. The van der Waals surface area contributed by atoms with Crippen molar-refractivity contribution in [1.29, 1.82) is 0 Å². The van der Waals surface area contributed by atoms with Gasteiger partial charge in [-0.2, -0.15) is 0 Å². The maximum Gasteiger partial charge on any atom is 0.328 e. The fraction of sp³-hybridized carbons (Fsp3) is 0.240. The molecule has 3 rings (SSSR count). The summed E-state index contributed by atoms with van der Waals surface area (Å²) in [5, 5.41) is 23.7. The van der Waals surface area contributed by atoms with Crippen LogP contribution in [0.5, 0.6) is 11.5 Å². The van der Waals surface area contributed by atoms with Crippen molar-refractivity contribution in [2.45, 2.75) is 31.6 Å². The predicted molar refractivity (Wildman–Crippen MR) is 131 cm³/mol. The van der Waals surface area contributed by atoms with Crippen molar-refractivity contribution in [2.24, 2.45) is 0 Å². The lowest BCUT2D eigenvalue weighted by molar-refractivity contribution is -0.162. The highest BCUT2D eigenvalue weighted by atomic mass is 35.5. The molecule has 1 aromatic heterocycles. The van der Waals surface area contributed by atoms with Gasteiger partial charge >= 0.3 is 5.97 Å². The first-order valence-corrected chi connectivity index (χ1v) is 11.5. The van der Waals surface area contributed by atoms with Crippen molar-refractivity contribution in [3.05, 3.63) is 87.2 Å². The SMILES string of the molecule is COc1ccnc(C(=O)N[C@@H](C)C(=O)O[C@@H](C)C(O)(c2ccc(Cl)c(F)c2)c2ccc(Cl)c(F)c2)c1O. The van der Waals surface area contributed by atoms with Crippen molar-refractivity contribution < 1.29 is 38.1 Å². The van der Waals surface area contributed by atoms with Gasteiger partial charge in [-0.25, -0.2) is 18.6 Å². The molecule has 0 spiro atoms. The van der Waals surface area contributed by atoms with E-state index < -0.39 is 52.7 Å². The number of hydrogen-bond acceptors (Lipinski definition) is 7. The van der Waals surface area contributed by atoms with Gasteiger partial charge in [0, 0.05) is 12.3 Å². The summed E-state index contributed by atoms with van der Waals surface area (Å²) in [6, 6.07) is 6.89. The molecule has 0 bridgehead atoms. The molecule has 3 N–H and O–H groups in total. The number of benzene rings is 2. The number of carbonyl (C=O) groups excluding carboxylic acids is 2. The number of carbonyl (C=O) groups is 2. The molecule has 37 heavy (non-hydrogen) atoms. The highest BCUT2D eigenvalue weighted by molar-refractivity contribution is 6.31. The molecule has 1 amide bonds. The van der Waals surface area contributed by atoms with Gasteiger partial charge in [-0.05, 0) is 49.2 Å². The molecule has 0 unspecified atom stereocenters. The number of aliphatic hydroxyl groups is 1. The second-order valence-corrected chi connectivity index (χ2v) is 8.82. The number of esters is 1. The summed E-state index contributed by atoms with van der Waals surface area (Å²) >= 11 is 11.5. The Balaban J connectivity index is 1.88. The summed E-state index contributed by atoms with van der Waals surface area (Å²) in [4.78, 5) is 29.2. The molecule has 0 aliphatic heterocycles. The van der Waals surface area contributed by atoms with Gasteiger partial charge in [0.25, 0.3) is 5.91 Å². The highest BCUT2D eigenvalue weighted by Gasteiger charge is 2.42.